The van der Waals surface area contributed by atoms with Crippen molar-refractivity contribution in [1.82, 2.24) is 0 Å². The van der Waals surface area contributed by atoms with Gasteiger partial charge in [0.05, 0.1) is 0 Å². The molecule has 0 aromatic heterocycles. The molecule has 1 aromatic rings. The predicted molar refractivity (Wildman–Crippen MR) is 58.6 cm³/mol. The van der Waals surface area contributed by atoms with Gasteiger partial charge < -0.3 is 5.11 Å². The Bertz CT molecular complexity index is 379. The predicted octanol–water partition coefficient (Wildman–Crippen LogP) is 3.34. The van der Waals surface area contributed by atoms with Gasteiger partial charge in [-0.3, -0.25) is 0 Å². The van der Waals surface area contributed by atoms with Crippen LogP contribution in [0, 0.1) is 0 Å². The number of rotatable bonds is 2. The minimum absolute atomic E-state index is 0.272. The lowest BCUT2D eigenvalue weighted by molar-refractivity contribution is 0.467. The number of phenolic OH excluding ortho intramolecular Hbond substituents is 1. The van der Waals surface area contributed by atoms with Gasteiger partial charge in [-0.25, -0.2) is 0 Å². The zero-order valence-electron chi connectivity index (χ0n) is 8.11. The van der Waals surface area contributed by atoms with Crippen LogP contribution < -0.4 is 0 Å². The summed E-state index contributed by atoms with van der Waals surface area (Å²) in [6.07, 6.45) is 4.84. The van der Waals surface area contributed by atoms with E-state index in [0.717, 1.165) is 12.0 Å². The molecule has 1 aliphatic carbocycles. The van der Waals surface area contributed by atoms with E-state index in [-0.39, 0.29) is 5.92 Å². The van der Waals surface area contributed by atoms with Crippen molar-refractivity contribution in [2.24, 2.45) is 0 Å². The van der Waals surface area contributed by atoms with Gasteiger partial charge in [0.2, 0.25) is 0 Å². The largest absolute Gasteiger partial charge is 0.508 e. The molecule has 0 bridgehead atoms. The molecule has 0 fully saturated rings. The molecule has 14 heavy (non-hydrogen) atoms. The lowest BCUT2D eigenvalue weighted by atomic mass is 10.0. The van der Waals surface area contributed by atoms with Crippen molar-refractivity contribution in [1.29, 1.82) is 0 Å². The summed E-state index contributed by atoms with van der Waals surface area (Å²) >= 11 is 0. The van der Waals surface area contributed by atoms with Gasteiger partial charge in [0, 0.05) is 17.4 Å². The molecule has 1 N–H and O–H groups in total. The molecule has 0 heterocycles. The topological polar surface area (TPSA) is 20.2 Å². The van der Waals surface area contributed by atoms with Crippen LogP contribution >= 0.6 is 0 Å². The molecule has 0 amide bonds. The summed E-state index contributed by atoms with van der Waals surface area (Å²) in [5, 5.41) is 9.76. The van der Waals surface area contributed by atoms with Gasteiger partial charge in [0.25, 0.3) is 0 Å². The van der Waals surface area contributed by atoms with Gasteiger partial charge in [0.15, 0.2) is 0 Å². The third-order valence-corrected chi connectivity index (χ3v) is 2.96. The highest BCUT2D eigenvalue weighted by Crippen LogP contribution is 2.46. The van der Waals surface area contributed by atoms with Gasteiger partial charge in [-0.2, -0.15) is 0 Å². The van der Waals surface area contributed by atoms with E-state index in [0.29, 0.717) is 11.7 Å². The Morgan fingerprint density at radius 2 is 1.93 bits per heavy atom. The van der Waals surface area contributed by atoms with Crippen molar-refractivity contribution in [2.75, 3.05) is 0 Å². The summed E-state index contributed by atoms with van der Waals surface area (Å²) in [6, 6.07) is 5.68. The summed E-state index contributed by atoms with van der Waals surface area (Å²) in [5.41, 5.74) is 2.23. The molecule has 2 unspecified atom stereocenters. The lowest BCUT2D eigenvalue weighted by Crippen LogP contribution is -1.87. The SMILES string of the molecule is C=CC1CC(C=C)c2c(O)cccc21. The minimum atomic E-state index is 0.272. The molecule has 1 aliphatic rings. The van der Waals surface area contributed by atoms with E-state index in [2.05, 4.69) is 19.2 Å². The number of hydrogen-bond donors (Lipinski definition) is 1. The maximum Gasteiger partial charge on any atom is 0.119 e. The molecule has 2 rings (SSSR count). The number of phenols is 1. The maximum absolute atomic E-state index is 9.76. The molecule has 0 spiro atoms. The number of benzene rings is 1. The smallest absolute Gasteiger partial charge is 0.119 e. The zero-order chi connectivity index (χ0) is 10.1. The van der Waals surface area contributed by atoms with Gasteiger partial charge in [-0.15, -0.1) is 13.2 Å². The van der Waals surface area contributed by atoms with Crippen molar-refractivity contribution in [3.05, 3.63) is 54.6 Å². The summed E-state index contributed by atoms with van der Waals surface area (Å²) < 4.78 is 0. The quantitative estimate of drug-likeness (QED) is 0.702. The van der Waals surface area contributed by atoms with Crippen molar-refractivity contribution in [2.45, 2.75) is 18.3 Å². The summed E-state index contributed by atoms with van der Waals surface area (Å²) in [6.45, 7) is 7.63. The Labute approximate surface area is 84.4 Å². The van der Waals surface area contributed by atoms with Crippen LogP contribution in [0.4, 0.5) is 0 Å². The second kappa shape index (κ2) is 3.33. The molecule has 0 saturated carbocycles. The minimum Gasteiger partial charge on any atom is -0.508 e. The maximum atomic E-state index is 9.76. The average molecular weight is 186 g/mol. The van der Waals surface area contributed by atoms with Crippen molar-refractivity contribution in [3.8, 4) is 5.75 Å². The van der Waals surface area contributed by atoms with Crippen LogP contribution in [-0.2, 0) is 0 Å². The number of fused-ring (bicyclic) bond motifs is 1. The van der Waals surface area contributed by atoms with Gasteiger partial charge in [0.1, 0.15) is 5.75 Å². The van der Waals surface area contributed by atoms with Crippen molar-refractivity contribution < 1.29 is 5.11 Å². The molecule has 0 saturated heterocycles. The van der Waals surface area contributed by atoms with Crippen LogP contribution in [0.15, 0.2) is 43.5 Å². The molecule has 2 atom stereocenters. The van der Waals surface area contributed by atoms with E-state index in [1.54, 1.807) is 6.07 Å². The second-order valence-electron chi connectivity index (χ2n) is 3.70. The molecule has 0 radical (unpaired) electrons. The van der Waals surface area contributed by atoms with E-state index >= 15 is 0 Å². The molecule has 1 aromatic carbocycles. The van der Waals surface area contributed by atoms with Crippen LogP contribution in [0.2, 0.25) is 0 Å². The lowest BCUT2D eigenvalue weighted by Gasteiger charge is -2.07. The molecule has 72 valence electrons. The summed E-state index contributed by atoms with van der Waals surface area (Å²) in [4.78, 5) is 0. The zero-order valence-corrected chi connectivity index (χ0v) is 8.11. The molecular formula is C13H14O. The first-order valence-corrected chi connectivity index (χ1v) is 4.84. The molecule has 1 nitrogen and oxygen atoms in total. The highest BCUT2D eigenvalue weighted by molar-refractivity contribution is 5.50. The van der Waals surface area contributed by atoms with Gasteiger partial charge >= 0.3 is 0 Å². The normalized spacial score (nSPS) is 24.3. The highest BCUT2D eigenvalue weighted by Gasteiger charge is 2.29. The standard InChI is InChI=1S/C13H14O/c1-3-9-8-10(4-2)13-11(9)6-5-7-12(13)14/h3-7,9-10,14H,1-2,8H2. The molecule has 0 aliphatic heterocycles. The summed E-state index contributed by atoms with van der Waals surface area (Å²) in [5.74, 6) is 1.02. The molecule has 1 heteroatoms. The Hall–Kier alpha value is -1.50. The van der Waals surface area contributed by atoms with Gasteiger partial charge in [-0.1, -0.05) is 24.3 Å². The highest BCUT2D eigenvalue weighted by atomic mass is 16.3. The molecular weight excluding hydrogens is 172 g/mol. The van der Waals surface area contributed by atoms with E-state index in [1.807, 2.05) is 18.2 Å². The fraction of sp³-hybridized carbons (Fsp3) is 0.231. The third-order valence-electron chi connectivity index (χ3n) is 2.96. The van der Waals surface area contributed by atoms with Crippen molar-refractivity contribution in [3.63, 3.8) is 0 Å². The first-order valence-electron chi connectivity index (χ1n) is 4.84. The van der Waals surface area contributed by atoms with E-state index in [9.17, 15) is 5.11 Å². The summed E-state index contributed by atoms with van der Waals surface area (Å²) in [7, 11) is 0. The van der Waals surface area contributed by atoms with E-state index < -0.39 is 0 Å². The Kier molecular flexibility index (Phi) is 2.16. The average Bonchev–Trinajstić information content (AvgIpc) is 2.57. The number of allylic oxidation sites excluding steroid dienone is 2. The fourth-order valence-corrected chi connectivity index (χ4v) is 2.25. The fourth-order valence-electron chi connectivity index (χ4n) is 2.25. The second-order valence-corrected chi connectivity index (χ2v) is 3.70. The van der Waals surface area contributed by atoms with E-state index in [1.165, 1.54) is 5.56 Å². The van der Waals surface area contributed by atoms with E-state index in [4.69, 9.17) is 0 Å². The number of hydrogen-bond acceptors (Lipinski definition) is 1. The Morgan fingerprint density at radius 3 is 2.57 bits per heavy atom. The van der Waals surface area contributed by atoms with Crippen molar-refractivity contribution >= 4 is 0 Å². The monoisotopic (exact) mass is 186 g/mol. The van der Waals surface area contributed by atoms with Gasteiger partial charge in [-0.05, 0) is 18.1 Å². The first kappa shape index (κ1) is 9.07. The van der Waals surface area contributed by atoms with Crippen LogP contribution in [0.25, 0.3) is 0 Å². The van der Waals surface area contributed by atoms with Crippen LogP contribution in [0.1, 0.15) is 29.4 Å². The Morgan fingerprint density at radius 1 is 1.21 bits per heavy atom. The third kappa shape index (κ3) is 1.17. The Balaban J connectivity index is 2.58. The van der Waals surface area contributed by atoms with Crippen LogP contribution in [0.5, 0.6) is 5.75 Å². The number of aromatic hydroxyl groups is 1. The van der Waals surface area contributed by atoms with Crippen LogP contribution in [0.3, 0.4) is 0 Å². The first-order chi connectivity index (χ1) is 6.77. The van der Waals surface area contributed by atoms with Crippen LogP contribution in [-0.4, -0.2) is 5.11 Å².